The van der Waals surface area contributed by atoms with Gasteiger partial charge in [-0.1, -0.05) is 30.5 Å². The van der Waals surface area contributed by atoms with E-state index in [4.69, 9.17) is 16.3 Å². The summed E-state index contributed by atoms with van der Waals surface area (Å²) in [5, 5.41) is 13.0. The fourth-order valence-electron chi connectivity index (χ4n) is 2.71. The summed E-state index contributed by atoms with van der Waals surface area (Å²) in [6, 6.07) is 7.22. The van der Waals surface area contributed by atoms with Gasteiger partial charge in [0.2, 0.25) is 5.91 Å². The first kappa shape index (κ1) is 16.1. The van der Waals surface area contributed by atoms with Crippen molar-refractivity contribution in [1.29, 1.82) is 0 Å². The summed E-state index contributed by atoms with van der Waals surface area (Å²) in [6.45, 7) is 0.465. The Morgan fingerprint density at radius 3 is 2.95 bits per heavy atom. The number of halogens is 1. The number of rotatable bonds is 6. The number of hydrogen-bond donors (Lipinski definition) is 2. The van der Waals surface area contributed by atoms with Crippen molar-refractivity contribution in [3.63, 3.8) is 0 Å². The first-order valence-electron chi connectivity index (χ1n) is 7.47. The first-order valence-corrected chi connectivity index (χ1v) is 7.85. The first-order chi connectivity index (χ1) is 10.2. The van der Waals surface area contributed by atoms with Crippen LogP contribution in [0.3, 0.4) is 0 Å². The van der Waals surface area contributed by atoms with Crippen LogP contribution in [-0.4, -0.2) is 30.3 Å². The lowest BCUT2D eigenvalue weighted by atomic mass is 9.85. The van der Waals surface area contributed by atoms with Gasteiger partial charge in [-0.15, -0.1) is 0 Å². The summed E-state index contributed by atoms with van der Waals surface area (Å²) >= 11 is 5.86. The minimum absolute atomic E-state index is 0.0256. The Kier molecular flexibility index (Phi) is 6.33. The molecule has 1 aromatic carbocycles. The van der Waals surface area contributed by atoms with E-state index in [1.165, 1.54) is 0 Å². The summed E-state index contributed by atoms with van der Waals surface area (Å²) in [4.78, 5) is 11.9. The van der Waals surface area contributed by atoms with Gasteiger partial charge in [-0.05, 0) is 31.0 Å². The lowest BCUT2D eigenvalue weighted by Crippen LogP contribution is -2.43. The van der Waals surface area contributed by atoms with Crippen molar-refractivity contribution in [3.05, 3.63) is 29.3 Å². The van der Waals surface area contributed by atoms with Crippen LogP contribution >= 0.6 is 11.6 Å². The zero-order chi connectivity index (χ0) is 15.1. The number of carbonyl (C=O) groups is 1. The van der Waals surface area contributed by atoms with Crippen molar-refractivity contribution in [3.8, 4) is 5.75 Å². The number of carbonyl (C=O) groups excluding carboxylic acids is 1. The van der Waals surface area contributed by atoms with Gasteiger partial charge in [-0.2, -0.15) is 0 Å². The Morgan fingerprint density at radius 1 is 1.38 bits per heavy atom. The predicted octanol–water partition coefficient (Wildman–Crippen LogP) is 2.78. The molecule has 1 saturated carbocycles. The van der Waals surface area contributed by atoms with Gasteiger partial charge in [-0.3, -0.25) is 4.79 Å². The van der Waals surface area contributed by atoms with Crippen LogP contribution in [0.1, 0.15) is 32.1 Å². The van der Waals surface area contributed by atoms with E-state index in [1.807, 2.05) is 12.1 Å². The SMILES string of the molecule is O=C(CCOc1cccc(Cl)c1)NC1CCCCC1CO. The van der Waals surface area contributed by atoms with E-state index in [0.29, 0.717) is 23.8 Å². The van der Waals surface area contributed by atoms with Gasteiger partial charge in [-0.25, -0.2) is 0 Å². The van der Waals surface area contributed by atoms with E-state index in [-0.39, 0.29) is 24.5 Å². The highest BCUT2D eigenvalue weighted by Gasteiger charge is 2.25. The second-order valence-corrected chi connectivity index (χ2v) is 5.89. The van der Waals surface area contributed by atoms with Crippen molar-refractivity contribution in [2.75, 3.05) is 13.2 Å². The van der Waals surface area contributed by atoms with Crippen LogP contribution in [0.5, 0.6) is 5.75 Å². The van der Waals surface area contributed by atoms with Gasteiger partial charge in [0.15, 0.2) is 0 Å². The zero-order valence-corrected chi connectivity index (χ0v) is 12.8. The van der Waals surface area contributed by atoms with Crippen molar-refractivity contribution >= 4 is 17.5 Å². The van der Waals surface area contributed by atoms with E-state index in [1.54, 1.807) is 12.1 Å². The predicted molar refractivity (Wildman–Crippen MR) is 82.5 cm³/mol. The van der Waals surface area contributed by atoms with Crippen LogP contribution in [-0.2, 0) is 4.79 Å². The molecule has 116 valence electrons. The van der Waals surface area contributed by atoms with Crippen LogP contribution in [0.2, 0.25) is 5.02 Å². The van der Waals surface area contributed by atoms with Gasteiger partial charge in [0, 0.05) is 23.6 Å². The molecule has 0 spiro atoms. The maximum atomic E-state index is 11.9. The van der Waals surface area contributed by atoms with Gasteiger partial charge >= 0.3 is 0 Å². The smallest absolute Gasteiger partial charge is 0.223 e. The monoisotopic (exact) mass is 311 g/mol. The van der Waals surface area contributed by atoms with Crippen LogP contribution in [0.25, 0.3) is 0 Å². The Bertz CT molecular complexity index is 467. The zero-order valence-electron chi connectivity index (χ0n) is 12.1. The Morgan fingerprint density at radius 2 is 2.19 bits per heavy atom. The summed E-state index contributed by atoms with van der Waals surface area (Å²) in [6.07, 6.45) is 4.49. The Labute approximate surface area is 130 Å². The average Bonchev–Trinajstić information content (AvgIpc) is 2.48. The molecule has 5 heteroatoms. The molecule has 0 aromatic heterocycles. The third-order valence-electron chi connectivity index (χ3n) is 3.88. The Balaban J connectivity index is 1.72. The topological polar surface area (TPSA) is 58.6 Å². The minimum Gasteiger partial charge on any atom is -0.493 e. The minimum atomic E-state index is -0.0256. The number of ether oxygens (including phenoxy) is 1. The van der Waals surface area contributed by atoms with Crippen molar-refractivity contribution in [2.24, 2.45) is 5.92 Å². The lowest BCUT2D eigenvalue weighted by Gasteiger charge is -2.30. The highest BCUT2D eigenvalue weighted by Crippen LogP contribution is 2.24. The highest BCUT2D eigenvalue weighted by molar-refractivity contribution is 6.30. The standard InChI is InChI=1S/C16H22ClNO3/c17-13-5-3-6-14(10-13)21-9-8-16(20)18-15-7-2-1-4-12(15)11-19/h3,5-6,10,12,15,19H,1-2,4,7-9,11H2,(H,18,20). The molecular formula is C16H22ClNO3. The fourth-order valence-corrected chi connectivity index (χ4v) is 2.89. The molecule has 1 aliphatic rings. The van der Waals surface area contributed by atoms with Crippen LogP contribution < -0.4 is 10.1 Å². The van der Waals surface area contributed by atoms with Gasteiger partial charge in [0.25, 0.3) is 0 Å². The maximum absolute atomic E-state index is 11.9. The van der Waals surface area contributed by atoms with Gasteiger partial charge in [0.1, 0.15) is 5.75 Å². The summed E-state index contributed by atoms with van der Waals surface area (Å²) < 4.78 is 5.51. The molecular weight excluding hydrogens is 290 g/mol. The molecule has 1 aliphatic carbocycles. The molecule has 1 fully saturated rings. The molecule has 0 bridgehead atoms. The van der Waals surface area contributed by atoms with E-state index < -0.39 is 0 Å². The quantitative estimate of drug-likeness (QED) is 0.849. The molecule has 0 aliphatic heterocycles. The largest absolute Gasteiger partial charge is 0.493 e. The van der Waals surface area contributed by atoms with Crippen molar-refractivity contribution in [1.82, 2.24) is 5.32 Å². The Hall–Kier alpha value is -1.26. The number of hydrogen-bond acceptors (Lipinski definition) is 3. The third-order valence-corrected chi connectivity index (χ3v) is 4.12. The lowest BCUT2D eigenvalue weighted by molar-refractivity contribution is -0.123. The van der Waals surface area contributed by atoms with E-state index in [9.17, 15) is 9.90 Å². The molecule has 0 radical (unpaired) electrons. The molecule has 0 saturated heterocycles. The van der Waals surface area contributed by atoms with Crippen molar-refractivity contribution < 1.29 is 14.6 Å². The fraction of sp³-hybridized carbons (Fsp3) is 0.562. The van der Waals surface area contributed by atoms with Gasteiger partial charge < -0.3 is 15.2 Å². The van der Waals surface area contributed by atoms with E-state index in [0.717, 1.165) is 25.7 Å². The summed E-state index contributed by atoms with van der Waals surface area (Å²) in [5.74, 6) is 0.833. The molecule has 1 amide bonds. The van der Waals surface area contributed by atoms with Gasteiger partial charge in [0.05, 0.1) is 13.0 Å². The van der Waals surface area contributed by atoms with E-state index in [2.05, 4.69) is 5.32 Å². The molecule has 1 aromatic rings. The molecule has 2 atom stereocenters. The molecule has 4 nitrogen and oxygen atoms in total. The highest BCUT2D eigenvalue weighted by atomic mass is 35.5. The molecule has 2 rings (SSSR count). The summed E-state index contributed by atoms with van der Waals surface area (Å²) in [7, 11) is 0. The second-order valence-electron chi connectivity index (χ2n) is 5.46. The maximum Gasteiger partial charge on any atom is 0.223 e. The van der Waals surface area contributed by atoms with E-state index >= 15 is 0 Å². The molecule has 2 unspecified atom stereocenters. The molecule has 0 heterocycles. The number of aliphatic hydroxyl groups excluding tert-OH is 1. The van der Waals surface area contributed by atoms with Crippen molar-refractivity contribution in [2.45, 2.75) is 38.1 Å². The van der Waals surface area contributed by atoms with Crippen LogP contribution in [0, 0.1) is 5.92 Å². The number of benzene rings is 1. The summed E-state index contributed by atoms with van der Waals surface area (Å²) in [5.41, 5.74) is 0. The normalized spacial score (nSPS) is 21.8. The third kappa shape index (κ3) is 5.21. The van der Waals surface area contributed by atoms with Crippen LogP contribution in [0.4, 0.5) is 0 Å². The van der Waals surface area contributed by atoms with Crippen LogP contribution in [0.15, 0.2) is 24.3 Å². The number of amides is 1. The number of nitrogens with one attached hydrogen (secondary N) is 1. The molecule has 21 heavy (non-hydrogen) atoms. The second kappa shape index (κ2) is 8.25. The average molecular weight is 312 g/mol. The molecule has 2 N–H and O–H groups in total. The number of aliphatic hydroxyl groups is 1.